The van der Waals surface area contributed by atoms with Gasteiger partial charge >= 0.3 is 0 Å². The van der Waals surface area contributed by atoms with E-state index in [2.05, 4.69) is 29.5 Å². The molecule has 0 radical (unpaired) electrons. The highest BCUT2D eigenvalue weighted by atomic mass is 35.5. The molecule has 0 aliphatic rings. The van der Waals surface area contributed by atoms with Gasteiger partial charge in [0.15, 0.2) is 0 Å². The van der Waals surface area contributed by atoms with Crippen LogP contribution >= 0.6 is 24.2 Å². The Balaban J connectivity index is 3.04. The Morgan fingerprint density at radius 2 is 2.08 bits per heavy atom. The van der Waals surface area contributed by atoms with Gasteiger partial charge in [-0.2, -0.15) is 0 Å². The molecule has 0 N–H and O–H groups in total. The molecule has 12 heavy (non-hydrogen) atoms. The summed E-state index contributed by atoms with van der Waals surface area (Å²) in [5, 5.41) is 1.19. The maximum Gasteiger partial charge on any atom is 0.136 e. The third-order valence-corrected chi connectivity index (χ3v) is 2.38. The minimum absolute atomic E-state index is 0.512. The number of rotatable bonds is 2. The molecule has 1 aromatic heterocycles. The predicted molar refractivity (Wildman–Crippen MR) is 53.0 cm³/mol. The number of thiol groups is 1. The van der Waals surface area contributed by atoms with Crippen LogP contribution < -0.4 is 0 Å². The third-order valence-electron chi connectivity index (χ3n) is 1.58. The molecule has 0 amide bonds. The lowest BCUT2D eigenvalue weighted by molar-refractivity contribution is 0.803. The van der Waals surface area contributed by atoms with Crippen molar-refractivity contribution in [1.82, 2.24) is 9.97 Å². The molecule has 0 saturated carbocycles. The Kier molecular flexibility index (Phi) is 3.35. The second-order valence-electron chi connectivity index (χ2n) is 2.63. The van der Waals surface area contributed by atoms with Crippen LogP contribution in [0.4, 0.5) is 0 Å². The maximum absolute atomic E-state index is 5.85. The molecule has 0 fully saturated rings. The van der Waals surface area contributed by atoms with Crippen LogP contribution in [0.3, 0.4) is 0 Å². The van der Waals surface area contributed by atoms with Crippen molar-refractivity contribution >= 4 is 24.2 Å². The molecule has 66 valence electrons. The van der Waals surface area contributed by atoms with Crippen LogP contribution in [-0.2, 0) is 6.42 Å². The summed E-state index contributed by atoms with van der Waals surface area (Å²) in [5.74, 6) is 0.776. The van der Waals surface area contributed by atoms with Gasteiger partial charge in [0.25, 0.3) is 0 Å². The van der Waals surface area contributed by atoms with Gasteiger partial charge in [-0.05, 0) is 13.3 Å². The molecule has 0 unspecified atom stereocenters. The molecular formula is C8H11ClN2S. The van der Waals surface area contributed by atoms with E-state index < -0.39 is 0 Å². The largest absolute Gasteiger partial charge is 0.226 e. The van der Waals surface area contributed by atoms with E-state index in [0.717, 1.165) is 24.2 Å². The van der Waals surface area contributed by atoms with Crippen LogP contribution in [0.1, 0.15) is 24.7 Å². The van der Waals surface area contributed by atoms with Crippen molar-refractivity contribution in [3.8, 4) is 0 Å². The smallest absolute Gasteiger partial charge is 0.136 e. The summed E-state index contributed by atoms with van der Waals surface area (Å²) < 4.78 is 0. The summed E-state index contributed by atoms with van der Waals surface area (Å²) in [4.78, 5) is 8.32. The summed E-state index contributed by atoms with van der Waals surface area (Å²) in [6, 6.07) is 0. The quantitative estimate of drug-likeness (QED) is 0.590. The molecule has 2 nitrogen and oxygen atoms in total. The zero-order valence-electron chi connectivity index (χ0n) is 7.13. The average Bonchev–Trinajstić information content (AvgIpc) is 2.01. The van der Waals surface area contributed by atoms with E-state index in [1.807, 2.05) is 6.92 Å². The fourth-order valence-corrected chi connectivity index (χ4v) is 1.33. The second kappa shape index (κ2) is 4.10. The summed E-state index contributed by atoms with van der Waals surface area (Å²) >= 11 is 10.0. The first-order chi connectivity index (χ1) is 5.65. The van der Waals surface area contributed by atoms with E-state index in [9.17, 15) is 0 Å². The highest BCUT2D eigenvalue weighted by molar-refractivity contribution is 7.80. The molecule has 1 rings (SSSR count). The van der Waals surface area contributed by atoms with Gasteiger partial charge in [0.2, 0.25) is 0 Å². The fraction of sp³-hybridized carbons (Fsp3) is 0.500. The van der Waals surface area contributed by atoms with Gasteiger partial charge in [-0.3, -0.25) is 0 Å². The lowest BCUT2D eigenvalue weighted by Gasteiger charge is -2.03. The van der Waals surface area contributed by atoms with Crippen molar-refractivity contribution in [3.63, 3.8) is 0 Å². The summed E-state index contributed by atoms with van der Waals surface area (Å²) in [6.45, 7) is 3.94. The van der Waals surface area contributed by atoms with E-state index in [-0.39, 0.29) is 0 Å². The van der Waals surface area contributed by atoms with Gasteiger partial charge < -0.3 is 0 Å². The Morgan fingerprint density at radius 1 is 1.42 bits per heavy atom. The number of hydrogen-bond donors (Lipinski definition) is 1. The molecule has 4 heteroatoms. The number of hydrogen-bond acceptors (Lipinski definition) is 3. The highest BCUT2D eigenvalue weighted by Gasteiger charge is 2.04. The molecule has 1 heterocycles. The van der Waals surface area contributed by atoms with Crippen LogP contribution in [0.15, 0.2) is 5.03 Å². The molecule has 0 saturated heterocycles. The topological polar surface area (TPSA) is 25.8 Å². The molecule has 0 atom stereocenters. The summed E-state index contributed by atoms with van der Waals surface area (Å²) in [6.07, 6.45) is 1.88. The van der Waals surface area contributed by atoms with Gasteiger partial charge in [0.1, 0.15) is 16.0 Å². The lowest BCUT2D eigenvalue weighted by Crippen LogP contribution is -1.98. The van der Waals surface area contributed by atoms with E-state index >= 15 is 0 Å². The number of halogens is 1. The monoisotopic (exact) mass is 202 g/mol. The number of aryl methyl sites for hydroxylation is 1. The van der Waals surface area contributed by atoms with Crippen LogP contribution in [0.2, 0.25) is 5.15 Å². The van der Waals surface area contributed by atoms with Gasteiger partial charge in [-0.25, -0.2) is 9.97 Å². The molecule has 0 bridgehead atoms. The average molecular weight is 203 g/mol. The first kappa shape index (κ1) is 9.81. The second-order valence-corrected chi connectivity index (χ2v) is 3.41. The SMILES string of the molecule is CCCc1nc(S)c(C)c(Cl)n1. The minimum atomic E-state index is 0.512. The van der Waals surface area contributed by atoms with Crippen LogP contribution in [-0.4, -0.2) is 9.97 Å². The van der Waals surface area contributed by atoms with E-state index in [4.69, 9.17) is 11.6 Å². The Bertz CT molecular complexity index is 265. The van der Waals surface area contributed by atoms with Crippen molar-refractivity contribution in [2.75, 3.05) is 0 Å². The van der Waals surface area contributed by atoms with Crippen LogP contribution in [0, 0.1) is 6.92 Å². The normalized spacial score (nSPS) is 10.3. The molecule has 0 aliphatic carbocycles. The van der Waals surface area contributed by atoms with Crippen molar-refractivity contribution in [2.45, 2.75) is 31.7 Å². The van der Waals surface area contributed by atoms with Crippen molar-refractivity contribution in [3.05, 3.63) is 16.5 Å². The van der Waals surface area contributed by atoms with Gasteiger partial charge in [0.05, 0.1) is 0 Å². The summed E-state index contributed by atoms with van der Waals surface area (Å²) in [5.41, 5.74) is 0.847. The first-order valence-corrected chi connectivity index (χ1v) is 4.69. The van der Waals surface area contributed by atoms with E-state index in [0.29, 0.717) is 10.2 Å². The number of aromatic nitrogens is 2. The lowest BCUT2D eigenvalue weighted by atomic mass is 10.3. The van der Waals surface area contributed by atoms with Gasteiger partial charge in [-0.15, -0.1) is 12.6 Å². The summed E-state index contributed by atoms with van der Waals surface area (Å²) in [7, 11) is 0. The molecule has 1 aromatic rings. The van der Waals surface area contributed by atoms with Crippen LogP contribution in [0.25, 0.3) is 0 Å². The van der Waals surface area contributed by atoms with Crippen molar-refractivity contribution in [1.29, 1.82) is 0 Å². The van der Waals surface area contributed by atoms with Crippen LogP contribution in [0.5, 0.6) is 0 Å². The highest BCUT2D eigenvalue weighted by Crippen LogP contribution is 2.18. The fourth-order valence-electron chi connectivity index (χ4n) is 0.856. The molecular weight excluding hydrogens is 192 g/mol. The van der Waals surface area contributed by atoms with Gasteiger partial charge in [-0.1, -0.05) is 18.5 Å². The molecule has 0 spiro atoms. The van der Waals surface area contributed by atoms with E-state index in [1.165, 1.54) is 0 Å². The predicted octanol–water partition coefficient (Wildman–Crippen LogP) is 2.68. The maximum atomic E-state index is 5.85. The number of nitrogens with zero attached hydrogens (tertiary/aromatic N) is 2. The Morgan fingerprint density at radius 3 is 2.58 bits per heavy atom. The van der Waals surface area contributed by atoms with Gasteiger partial charge in [0, 0.05) is 12.0 Å². The first-order valence-electron chi connectivity index (χ1n) is 3.87. The van der Waals surface area contributed by atoms with E-state index in [1.54, 1.807) is 0 Å². The zero-order valence-corrected chi connectivity index (χ0v) is 8.78. The standard InChI is InChI=1S/C8H11ClN2S/c1-3-4-6-10-7(9)5(2)8(12)11-6/h3-4H2,1-2H3,(H,10,11,12). The Labute approximate surface area is 82.8 Å². The van der Waals surface area contributed by atoms with Crippen molar-refractivity contribution < 1.29 is 0 Å². The third kappa shape index (κ3) is 2.11. The Hall–Kier alpha value is -0.280. The minimum Gasteiger partial charge on any atom is -0.226 e. The van der Waals surface area contributed by atoms with Crippen molar-refractivity contribution in [2.24, 2.45) is 0 Å². The molecule has 0 aliphatic heterocycles. The zero-order chi connectivity index (χ0) is 9.14. The molecule has 0 aromatic carbocycles.